The van der Waals surface area contributed by atoms with Crippen molar-refractivity contribution in [2.24, 2.45) is 5.73 Å². The maximum atomic E-state index is 6.29. The van der Waals surface area contributed by atoms with Crippen LogP contribution in [0.1, 0.15) is 167 Å². The largest absolute Gasteiger partial charge is 0.457 e. The van der Waals surface area contributed by atoms with Crippen molar-refractivity contribution in [1.29, 1.82) is 0 Å². The summed E-state index contributed by atoms with van der Waals surface area (Å²) in [6, 6.07) is 18.1. The van der Waals surface area contributed by atoms with E-state index in [1.165, 1.54) is 54.4 Å². The quantitative estimate of drug-likeness (QED) is 0.112. The van der Waals surface area contributed by atoms with E-state index < -0.39 is 0 Å². The molecular weight excluding hydrogens is 671 g/mol. The molecule has 2 aromatic carbocycles. The van der Waals surface area contributed by atoms with Crippen molar-refractivity contribution in [1.82, 2.24) is 0 Å². The molecule has 0 fully saturated rings. The summed E-state index contributed by atoms with van der Waals surface area (Å²) >= 11 is 0. The zero-order valence-corrected chi connectivity index (χ0v) is 39.1. The van der Waals surface area contributed by atoms with Gasteiger partial charge in [-0.2, -0.15) is 0 Å². The van der Waals surface area contributed by atoms with E-state index >= 15 is 0 Å². The van der Waals surface area contributed by atoms with Gasteiger partial charge in [-0.25, -0.2) is 0 Å². The Morgan fingerprint density at radius 3 is 1.55 bits per heavy atom. The Morgan fingerprint density at radius 1 is 0.745 bits per heavy atom. The average Bonchev–Trinajstić information content (AvgIpc) is 3.21. The van der Waals surface area contributed by atoms with Crippen LogP contribution in [0.2, 0.25) is 0 Å². The number of benzene rings is 2. The smallest absolute Gasteiger partial charge is 0.127 e. The minimum Gasteiger partial charge on any atom is -0.457 e. The molecule has 3 nitrogen and oxygen atoms in total. The van der Waals surface area contributed by atoms with E-state index in [0.717, 1.165) is 66.2 Å². The standard InChI is InChI=1S/C25H31NO.C7H14.C6H10.C5H12O.C4H8.C3H8.C2H6/c1-6-11-19(4)24(20(5)26)25(18(3)7-2)21-14-16-23(17-15-21)27-22-12-9-8-10-13-22;1-4-6-7(3)5-2;1-4-6(3)5-2;1-3-4-5-6-2;1-3-4-2;1-3-2;1-2/h8-10,12-17H,4,6-7,11,26H2,1-3,5H3;6H,4-5H2,1-3H3;4-5H,1H2,2-3H3;3-5H2,1-2H3;3H,1,4H2,2H3;3H2,1-2H3;1-2H3/b24-20-,25-18?;7-6+;6-5-;;;;. The number of methoxy groups -OCH3 is 1. The van der Waals surface area contributed by atoms with E-state index in [-0.39, 0.29) is 0 Å². The number of allylic oxidation sites excluding steroid dienone is 11. The molecule has 0 aromatic heterocycles. The molecule has 0 bridgehead atoms. The van der Waals surface area contributed by atoms with Crippen LogP contribution in [0.25, 0.3) is 5.57 Å². The third-order valence-electron chi connectivity index (χ3n) is 7.51. The van der Waals surface area contributed by atoms with E-state index in [2.05, 4.69) is 107 Å². The molecule has 0 radical (unpaired) electrons. The first kappa shape index (κ1) is 60.4. The topological polar surface area (TPSA) is 44.5 Å². The molecule has 2 rings (SSSR count). The van der Waals surface area contributed by atoms with Crippen LogP contribution in [0.5, 0.6) is 11.5 Å². The minimum atomic E-state index is 0.820. The van der Waals surface area contributed by atoms with Crippen LogP contribution in [0.4, 0.5) is 0 Å². The molecule has 2 aromatic rings. The van der Waals surface area contributed by atoms with Crippen molar-refractivity contribution in [3.05, 3.63) is 138 Å². The predicted molar refractivity (Wildman–Crippen MR) is 255 cm³/mol. The maximum absolute atomic E-state index is 6.29. The molecule has 3 heteroatoms. The van der Waals surface area contributed by atoms with Crippen molar-refractivity contribution >= 4 is 5.57 Å². The Hall–Kier alpha value is -3.82. The first-order chi connectivity index (χ1) is 26.3. The molecule has 0 unspecified atom stereocenters. The second-order valence-corrected chi connectivity index (χ2v) is 12.7. The summed E-state index contributed by atoms with van der Waals surface area (Å²) in [5.74, 6) is 1.65. The number of hydrogen-bond donors (Lipinski definition) is 1. The fraction of sp³-hybridized carbons (Fsp3) is 0.500. The van der Waals surface area contributed by atoms with Crippen LogP contribution in [0, 0.1) is 0 Å². The molecule has 2 N–H and O–H groups in total. The maximum Gasteiger partial charge on any atom is 0.127 e. The van der Waals surface area contributed by atoms with Crippen molar-refractivity contribution in [2.75, 3.05) is 13.7 Å². The summed E-state index contributed by atoms with van der Waals surface area (Å²) in [6.07, 6.45) is 18.1. The van der Waals surface area contributed by atoms with Gasteiger partial charge in [0, 0.05) is 25.0 Å². The van der Waals surface area contributed by atoms with Crippen molar-refractivity contribution in [3.63, 3.8) is 0 Å². The number of para-hydroxylation sites is 1. The van der Waals surface area contributed by atoms with E-state index in [4.69, 9.17) is 15.2 Å². The summed E-state index contributed by atoms with van der Waals surface area (Å²) in [5, 5.41) is 0. The summed E-state index contributed by atoms with van der Waals surface area (Å²) < 4.78 is 10.7. The van der Waals surface area contributed by atoms with Gasteiger partial charge in [-0.05, 0) is 114 Å². The number of rotatable bonds is 15. The first-order valence-electron chi connectivity index (χ1n) is 21.0. The van der Waals surface area contributed by atoms with Crippen LogP contribution < -0.4 is 10.5 Å². The summed E-state index contributed by atoms with van der Waals surface area (Å²) in [7, 11) is 1.73. The fourth-order valence-corrected chi connectivity index (χ4v) is 4.07. The highest BCUT2D eigenvalue weighted by molar-refractivity contribution is 5.86. The van der Waals surface area contributed by atoms with Crippen molar-refractivity contribution < 1.29 is 9.47 Å². The lowest BCUT2D eigenvalue weighted by atomic mass is 9.86. The zero-order chi connectivity index (χ0) is 43.5. The van der Waals surface area contributed by atoms with Gasteiger partial charge in [0.15, 0.2) is 0 Å². The molecule has 0 aliphatic heterocycles. The van der Waals surface area contributed by atoms with Crippen LogP contribution in [0.3, 0.4) is 0 Å². The second kappa shape index (κ2) is 46.3. The van der Waals surface area contributed by atoms with Crippen molar-refractivity contribution in [2.45, 2.75) is 162 Å². The van der Waals surface area contributed by atoms with Gasteiger partial charge in [0.1, 0.15) is 11.5 Å². The highest BCUT2D eigenvalue weighted by Gasteiger charge is 2.16. The van der Waals surface area contributed by atoms with E-state index in [9.17, 15) is 0 Å². The van der Waals surface area contributed by atoms with Crippen LogP contribution in [-0.4, -0.2) is 13.7 Å². The minimum absolute atomic E-state index is 0.820. The number of nitrogens with two attached hydrogens (primary N) is 1. The molecule has 55 heavy (non-hydrogen) atoms. The highest BCUT2D eigenvalue weighted by Crippen LogP contribution is 2.36. The number of hydrogen-bond acceptors (Lipinski definition) is 3. The zero-order valence-electron chi connectivity index (χ0n) is 39.1. The lowest BCUT2D eigenvalue weighted by Gasteiger charge is -2.20. The Morgan fingerprint density at radius 2 is 1.25 bits per heavy atom. The highest BCUT2D eigenvalue weighted by atomic mass is 16.5. The Kier molecular flexibility index (Phi) is 50.9. The molecule has 0 saturated heterocycles. The summed E-state index contributed by atoms with van der Waals surface area (Å²) in [6.45, 7) is 43.7. The molecule has 314 valence electrons. The monoisotopic (exact) mass is 760 g/mol. The van der Waals surface area contributed by atoms with Gasteiger partial charge in [-0.15, -0.1) is 6.58 Å². The van der Waals surface area contributed by atoms with E-state index in [1.807, 2.05) is 95.3 Å². The number of unbranched alkanes of at least 4 members (excludes halogenated alkanes) is 1. The van der Waals surface area contributed by atoms with E-state index in [1.54, 1.807) is 7.11 Å². The average molecular weight is 760 g/mol. The van der Waals surface area contributed by atoms with E-state index in [0.29, 0.717) is 0 Å². The SMILES string of the molecule is C=C(CCC)/C(C(=C(C)CC)c1ccc(Oc2ccccc2)cc1)=C(\C)N.C=C/C(C)=C\C.C=CCC.CC.CC/C=C(\C)CC.CCC.CCCCOC. The molecule has 0 heterocycles. The van der Waals surface area contributed by atoms with Gasteiger partial charge in [0.2, 0.25) is 0 Å². The molecule has 0 aliphatic rings. The van der Waals surface area contributed by atoms with Gasteiger partial charge in [-0.3, -0.25) is 0 Å². The molecule has 0 amide bonds. The van der Waals surface area contributed by atoms with Gasteiger partial charge in [-0.1, -0.05) is 173 Å². The third kappa shape index (κ3) is 36.9. The Labute approximate surface area is 344 Å². The lowest BCUT2D eigenvalue weighted by Crippen LogP contribution is -2.05. The molecular formula is C52H89NO2. The van der Waals surface area contributed by atoms with Crippen LogP contribution in [0.15, 0.2) is 132 Å². The second-order valence-electron chi connectivity index (χ2n) is 12.7. The van der Waals surface area contributed by atoms with Gasteiger partial charge < -0.3 is 15.2 Å². The first-order valence-corrected chi connectivity index (χ1v) is 21.0. The Bertz CT molecular complexity index is 1280. The third-order valence-corrected chi connectivity index (χ3v) is 7.51. The van der Waals surface area contributed by atoms with Gasteiger partial charge in [0.05, 0.1) is 0 Å². The lowest BCUT2D eigenvalue weighted by molar-refractivity contribution is 0.194. The molecule has 0 aliphatic carbocycles. The fourth-order valence-electron chi connectivity index (χ4n) is 4.07. The summed E-state index contributed by atoms with van der Waals surface area (Å²) in [4.78, 5) is 0. The predicted octanol–water partition coefficient (Wildman–Crippen LogP) is 17.6. The summed E-state index contributed by atoms with van der Waals surface area (Å²) in [5.41, 5.74) is 15.7. The molecule has 0 spiro atoms. The van der Waals surface area contributed by atoms with Crippen molar-refractivity contribution in [3.8, 4) is 11.5 Å². The number of ether oxygens (including phenoxy) is 2. The van der Waals surface area contributed by atoms with Gasteiger partial charge >= 0.3 is 0 Å². The Balaban J connectivity index is -0.000000241. The van der Waals surface area contributed by atoms with Crippen LogP contribution in [-0.2, 0) is 4.74 Å². The van der Waals surface area contributed by atoms with Gasteiger partial charge in [0.25, 0.3) is 0 Å². The molecule has 0 atom stereocenters. The van der Waals surface area contributed by atoms with Crippen LogP contribution >= 0.6 is 0 Å². The molecule has 0 saturated carbocycles. The normalized spacial score (nSPS) is 11.0.